The number of hydrogen-bond donors (Lipinski definition) is 1. The van der Waals surface area contributed by atoms with E-state index in [4.69, 9.17) is 20.6 Å². The molecular weight excluding hydrogens is 268 g/mol. The van der Waals surface area contributed by atoms with Crippen LogP contribution in [0.3, 0.4) is 0 Å². The maximum atomic E-state index is 10.1. The molecule has 0 aliphatic rings. The van der Waals surface area contributed by atoms with E-state index in [0.717, 1.165) is 0 Å². The van der Waals surface area contributed by atoms with E-state index < -0.39 is 0 Å². The van der Waals surface area contributed by atoms with E-state index in [9.17, 15) is 5.11 Å². The highest BCUT2D eigenvalue weighted by Gasteiger charge is 2.17. The van der Waals surface area contributed by atoms with Gasteiger partial charge in [0.2, 0.25) is 0 Å². The van der Waals surface area contributed by atoms with Crippen molar-refractivity contribution in [2.45, 2.75) is 0 Å². The SMILES string of the molecule is C#Cc1cc(OC)cc(OC)c1-c1cc(OC)ccc1O. The topological polar surface area (TPSA) is 47.9 Å². The highest BCUT2D eigenvalue weighted by molar-refractivity contribution is 5.82. The summed E-state index contributed by atoms with van der Waals surface area (Å²) in [5.74, 6) is 4.41. The molecule has 0 atom stereocenters. The third-order valence-electron chi connectivity index (χ3n) is 3.16. The van der Waals surface area contributed by atoms with Gasteiger partial charge in [0.15, 0.2) is 0 Å². The Balaban J connectivity index is 2.76. The van der Waals surface area contributed by atoms with Gasteiger partial charge in [-0.05, 0) is 24.3 Å². The summed E-state index contributed by atoms with van der Waals surface area (Å²) in [5.41, 5.74) is 1.73. The number of phenolic OH excluding ortho intramolecular Hbond substituents is 1. The van der Waals surface area contributed by atoms with E-state index in [0.29, 0.717) is 33.9 Å². The quantitative estimate of drug-likeness (QED) is 0.877. The summed E-state index contributed by atoms with van der Waals surface area (Å²) >= 11 is 0. The van der Waals surface area contributed by atoms with Crippen molar-refractivity contribution in [3.63, 3.8) is 0 Å². The number of terminal acetylenes is 1. The molecule has 0 heterocycles. The van der Waals surface area contributed by atoms with Gasteiger partial charge in [0.25, 0.3) is 0 Å². The average molecular weight is 284 g/mol. The van der Waals surface area contributed by atoms with Gasteiger partial charge in [-0.2, -0.15) is 0 Å². The normalized spacial score (nSPS) is 9.81. The largest absolute Gasteiger partial charge is 0.507 e. The average Bonchev–Trinajstić information content (AvgIpc) is 2.54. The highest BCUT2D eigenvalue weighted by atomic mass is 16.5. The third-order valence-corrected chi connectivity index (χ3v) is 3.16. The van der Waals surface area contributed by atoms with Crippen LogP contribution in [0.2, 0.25) is 0 Å². The summed E-state index contributed by atoms with van der Waals surface area (Å²) in [4.78, 5) is 0. The summed E-state index contributed by atoms with van der Waals surface area (Å²) in [6.07, 6.45) is 5.58. The molecule has 0 radical (unpaired) electrons. The molecule has 0 saturated heterocycles. The first-order valence-corrected chi connectivity index (χ1v) is 6.24. The first-order chi connectivity index (χ1) is 10.1. The van der Waals surface area contributed by atoms with E-state index in [1.54, 1.807) is 44.6 Å². The van der Waals surface area contributed by atoms with Gasteiger partial charge in [0, 0.05) is 22.8 Å². The molecule has 2 aromatic rings. The molecule has 21 heavy (non-hydrogen) atoms. The summed E-state index contributed by atoms with van der Waals surface area (Å²) in [6.45, 7) is 0. The molecule has 0 amide bonds. The van der Waals surface area contributed by atoms with Crippen LogP contribution >= 0.6 is 0 Å². The summed E-state index contributed by atoms with van der Waals surface area (Å²) < 4.78 is 15.8. The first kappa shape index (κ1) is 14.6. The molecule has 4 nitrogen and oxygen atoms in total. The maximum absolute atomic E-state index is 10.1. The van der Waals surface area contributed by atoms with E-state index in [2.05, 4.69) is 5.92 Å². The Morgan fingerprint density at radius 2 is 1.67 bits per heavy atom. The Morgan fingerprint density at radius 1 is 0.952 bits per heavy atom. The fourth-order valence-corrected chi connectivity index (χ4v) is 2.10. The third kappa shape index (κ3) is 2.72. The Bertz CT molecular complexity index is 699. The number of rotatable bonds is 4. The number of phenols is 1. The molecular formula is C17H16O4. The van der Waals surface area contributed by atoms with Gasteiger partial charge in [0.05, 0.1) is 21.3 Å². The standard InChI is InChI=1S/C17H16O4/c1-5-11-8-13(20-3)10-16(21-4)17(11)14-9-12(19-2)6-7-15(14)18/h1,6-10,18H,2-4H3. The van der Waals surface area contributed by atoms with Gasteiger partial charge in [-0.1, -0.05) is 5.92 Å². The van der Waals surface area contributed by atoms with Crippen molar-refractivity contribution < 1.29 is 19.3 Å². The van der Waals surface area contributed by atoms with Crippen LogP contribution in [0.5, 0.6) is 23.0 Å². The molecule has 108 valence electrons. The van der Waals surface area contributed by atoms with Crippen molar-refractivity contribution in [1.29, 1.82) is 0 Å². The first-order valence-electron chi connectivity index (χ1n) is 6.24. The molecule has 4 heteroatoms. The maximum Gasteiger partial charge on any atom is 0.131 e. The lowest BCUT2D eigenvalue weighted by atomic mass is 9.97. The zero-order valence-electron chi connectivity index (χ0n) is 12.1. The van der Waals surface area contributed by atoms with Crippen LogP contribution < -0.4 is 14.2 Å². The van der Waals surface area contributed by atoms with Crippen LogP contribution in [-0.4, -0.2) is 26.4 Å². The van der Waals surface area contributed by atoms with Gasteiger partial charge in [0.1, 0.15) is 23.0 Å². The molecule has 0 aliphatic heterocycles. The zero-order valence-corrected chi connectivity index (χ0v) is 12.1. The molecule has 0 bridgehead atoms. The number of aromatic hydroxyl groups is 1. The van der Waals surface area contributed by atoms with Gasteiger partial charge in [-0.25, -0.2) is 0 Å². The number of hydrogen-bond acceptors (Lipinski definition) is 4. The van der Waals surface area contributed by atoms with Crippen LogP contribution in [0, 0.1) is 12.3 Å². The second-order valence-electron chi connectivity index (χ2n) is 4.28. The Hall–Kier alpha value is -2.80. The van der Waals surface area contributed by atoms with E-state index in [1.807, 2.05) is 0 Å². The van der Waals surface area contributed by atoms with Crippen molar-refractivity contribution in [3.8, 4) is 46.5 Å². The van der Waals surface area contributed by atoms with Gasteiger partial charge in [-0.15, -0.1) is 6.42 Å². The molecule has 1 N–H and O–H groups in total. The van der Waals surface area contributed by atoms with Gasteiger partial charge in [-0.3, -0.25) is 0 Å². The Kier molecular flexibility index (Phi) is 4.24. The lowest BCUT2D eigenvalue weighted by Crippen LogP contribution is -1.95. The van der Waals surface area contributed by atoms with Crippen LogP contribution in [0.1, 0.15) is 5.56 Å². The highest BCUT2D eigenvalue weighted by Crippen LogP contribution is 2.42. The second kappa shape index (κ2) is 6.10. The van der Waals surface area contributed by atoms with Crippen molar-refractivity contribution in [2.75, 3.05) is 21.3 Å². The number of benzene rings is 2. The van der Waals surface area contributed by atoms with Crippen LogP contribution in [0.15, 0.2) is 30.3 Å². The summed E-state index contributed by atoms with van der Waals surface area (Å²) in [6, 6.07) is 8.37. The molecule has 2 rings (SSSR count). The fraction of sp³-hybridized carbons (Fsp3) is 0.176. The summed E-state index contributed by atoms with van der Waals surface area (Å²) in [7, 11) is 4.65. The Morgan fingerprint density at radius 3 is 2.24 bits per heavy atom. The van der Waals surface area contributed by atoms with E-state index in [1.165, 1.54) is 7.11 Å². The molecule has 0 unspecified atom stereocenters. The smallest absolute Gasteiger partial charge is 0.131 e. The minimum absolute atomic E-state index is 0.0933. The monoisotopic (exact) mass is 284 g/mol. The molecule has 0 aliphatic carbocycles. The molecule has 2 aromatic carbocycles. The van der Waals surface area contributed by atoms with Crippen molar-refractivity contribution in [3.05, 3.63) is 35.9 Å². The van der Waals surface area contributed by atoms with Gasteiger partial charge < -0.3 is 19.3 Å². The van der Waals surface area contributed by atoms with Crippen molar-refractivity contribution >= 4 is 0 Å². The van der Waals surface area contributed by atoms with E-state index in [-0.39, 0.29) is 5.75 Å². The van der Waals surface area contributed by atoms with Crippen LogP contribution in [0.25, 0.3) is 11.1 Å². The minimum atomic E-state index is 0.0933. The predicted octanol–water partition coefficient (Wildman–Crippen LogP) is 3.07. The number of ether oxygens (including phenoxy) is 3. The summed E-state index contributed by atoms with van der Waals surface area (Å²) in [5, 5.41) is 10.1. The molecule has 0 spiro atoms. The molecule has 0 aromatic heterocycles. The zero-order chi connectivity index (χ0) is 15.4. The molecule has 0 fully saturated rings. The van der Waals surface area contributed by atoms with Crippen LogP contribution in [0.4, 0.5) is 0 Å². The number of methoxy groups -OCH3 is 3. The van der Waals surface area contributed by atoms with Crippen molar-refractivity contribution in [2.24, 2.45) is 0 Å². The lowest BCUT2D eigenvalue weighted by molar-refractivity contribution is 0.394. The second-order valence-corrected chi connectivity index (χ2v) is 4.28. The van der Waals surface area contributed by atoms with Crippen molar-refractivity contribution in [1.82, 2.24) is 0 Å². The predicted molar refractivity (Wildman–Crippen MR) is 81.1 cm³/mol. The Labute approximate surface area is 123 Å². The van der Waals surface area contributed by atoms with Gasteiger partial charge >= 0.3 is 0 Å². The van der Waals surface area contributed by atoms with Crippen LogP contribution in [-0.2, 0) is 0 Å². The van der Waals surface area contributed by atoms with E-state index >= 15 is 0 Å². The fourth-order valence-electron chi connectivity index (χ4n) is 2.10. The lowest BCUT2D eigenvalue weighted by Gasteiger charge is -2.15. The molecule has 0 saturated carbocycles. The minimum Gasteiger partial charge on any atom is -0.507 e.